The van der Waals surface area contributed by atoms with Crippen LogP contribution in [-0.4, -0.2) is 6.04 Å². The summed E-state index contributed by atoms with van der Waals surface area (Å²) in [6.45, 7) is 13.6. The smallest absolute Gasteiger partial charge is 0.0210 e. The third-order valence-electron chi connectivity index (χ3n) is 3.76. The van der Waals surface area contributed by atoms with Crippen LogP contribution in [0.25, 0.3) is 0 Å². The first-order valence-corrected chi connectivity index (χ1v) is 5.37. The van der Waals surface area contributed by atoms with Crippen molar-refractivity contribution in [3.8, 4) is 0 Å². The van der Waals surface area contributed by atoms with Gasteiger partial charge in [0.2, 0.25) is 0 Å². The van der Waals surface area contributed by atoms with Crippen molar-refractivity contribution in [2.24, 2.45) is 29.5 Å². The van der Waals surface area contributed by atoms with Crippen molar-refractivity contribution >= 4 is 0 Å². The second-order valence-corrected chi connectivity index (χ2v) is 4.78. The summed E-state index contributed by atoms with van der Waals surface area (Å²) >= 11 is 0. The van der Waals surface area contributed by atoms with Crippen LogP contribution in [0.1, 0.15) is 41.5 Å². The average molecular weight is 186 g/mol. The Morgan fingerprint density at radius 1 is 0.769 bits per heavy atom. The van der Waals surface area contributed by atoms with Gasteiger partial charge in [0, 0.05) is 6.04 Å². The van der Waals surface area contributed by atoms with E-state index in [9.17, 15) is 0 Å². The Labute approximate surface area is 83.2 Å². The Morgan fingerprint density at radius 3 is 1.54 bits per heavy atom. The molecule has 0 spiro atoms. The van der Waals surface area contributed by atoms with Gasteiger partial charge in [-0.25, -0.2) is 0 Å². The van der Waals surface area contributed by atoms with Crippen LogP contribution in [0.4, 0.5) is 0 Å². The zero-order chi connectivity index (χ0) is 10.6. The predicted molar refractivity (Wildman–Crippen MR) is 59.1 cm³/mol. The van der Waals surface area contributed by atoms with E-state index >= 15 is 0 Å². The largest absolute Gasteiger partial charge is 0.271 e. The molecular weight excluding hydrogens is 160 g/mol. The van der Waals surface area contributed by atoms with Gasteiger partial charge >= 0.3 is 0 Å². The molecule has 0 saturated heterocycles. The van der Waals surface area contributed by atoms with Gasteiger partial charge in [0.05, 0.1) is 0 Å². The Kier molecular flexibility index (Phi) is 5.57. The highest BCUT2D eigenvalue weighted by molar-refractivity contribution is 4.76. The first-order chi connectivity index (χ1) is 5.91. The SMILES string of the molecule is CC(C)C(C)C(C)[C@H](C)C(C)NN. The standard InChI is InChI=1S/C11H26N2/c1-7(2)8(3)9(4)10(5)11(6)13-12/h7-11,13H,12H2,1-6H3/t8?,9?,10-,11?/m0/s1. The third-order valence-corrected chi connectivity index (χ3v) is 3.76. The minimum Gasteiger partial charge on any atom is -0.271 e. The van der Waals surface area contributed by atoms with Gasteiger partial charge in [-0.15, -0.1) is 0 Å². The van der Waals surface area contributed by atoms with Gasteiger partial charge in [-0.1, -0.05) is 34.6 Å². The second-order valence-electron chi connectivity index (χ2n) is 4.78. The molecule has 0 bridgehead atoms. The Morgan fingerprint density at radius 2 is 1.23 bits per heavy atom. The van der Waals surface area contributed by atoms with Gasteiger partial charge < -0.3 is 0 Å². The number of hydrazine groups is 1. The Hall–Kier alpha value is -0.0800. The lowest BCUT2D eigenvalue weighted by atomic mass is 9.77. The second kappa shape index (κ2) is 5.61. The average Bonchev–Trinajstić information content (AvgIpc) is 2.12. The molecule has 80 valence electrons. The molecule has 0 saturated carbocycles. The predicted octanol–water partition coefficient (Wildman–Crippen LogP) is 2.40. The van der Waals surface area contributed by atoms with Crippen molar-refractivity contribution in [1.29, 1.82) is 0 Å². The minimum atomic E-state index is 0.399. The van der Waals surface area contributed by atoms with Crippen LogP contribution < -0.4 is 11.3 Å². The molecule has 0 aromatic carbocycles. The highest BCUT2D eigenvalue weighted by atomic mass is 15.2. The number of hydrogen-bond donors (Lipinski definition) is 2. The van der Waals surface area contributed by atoms with Crippen molar-refractivity contribution < 1.29 is 0 Å². The summed E-state index contributed by atoms with van der Waals surface area (Å²) in [5, 5.41) is 0. The Balaban J connectivity index is 4.15. The molecule has 0 radical (unpaired) electrons. The molecule has 0 fully saturated rings. The third kappa shape index (κ3) is 3.65. The lowest BCUT2D eigenvalue weighted by molar-refractivity contribution is 0.190. The van der Waals surface area contributed by atoms with Crippen LogP contribution in [0, 0.1) is 23.7 Å². The zero-order valence-corrected chi connectivity index (χ0v) is 9.96. The van der Waals surface area contributed by atoms with Crippen molar-refractivity contribution in [1.82, 2.24) is 5.43 Å². The topological polar surface area (TPSA) is 38.0 Å². The van der Waals surface area contributed by atoms with E-state index in [-0.39, 0.29) is 0 Å². The van der Waals surface area contributed by atoms with Crippen LogP contribution in [0.5, 0.6) is 0 Å². The van der Waals surface area contributed by atoms with E-state index in [1.165, 1.54) is 0 Å². The molecule has 0 aromatic rings. The van der Waals surface area contributed by atoms with E-state index in [4.69, 9.17) is 5.84 Å². The maximum atomic E-state index is 5.44. The van der Waals surface area contributed by atoms with Gasteiger partial charge in [-0.05, 0) is 30.6 Å². The van der Waals surface area contributed by atoms with Gasteiger partial charge in [0.15, 0.2) is 0 Å². The molecule has 0 aromatic heterocycles. The lowest BCUT2D eigenvalue weighted by Gasteiger charge is -2.32. The minimum absolute atomic E-state index is 0.399. The number of nitrogens with two attached hydrogens (primary N) is 1. The fraction of sp³-hybridized carbons (Fsp3) is 1.00. The van der Waals surface area contributed by atoms with Crippen molar-refractivity contribution in [3.63, 3.8) is 0 Å². The summed E-state index contributed by atoms with van der Waals surface area (Å²) in [5.74, 6) is 8.29. The van der Waals surface area contributed by atoms with Gasteiger partial charge in [0.25, 0.3) is 0 Å². The first-order valence-electron chi connectivity index (χ1n) is 5.37. The molecular formula is C11H26N2. The van der Waals surface area contributed by atoms with Crippen molar-refractivity contribution in [2.75, 3.05) is 0 Å². The maximum Gasteiger partial charge on any atom is 0.0210 e. The molecule has 13 heavy (non-hydrogen) atoms. The number of rotatable bonds is 5. The summed E-state index contributed by atoms with van der Waals surface area (Å²) in [5.41, 5.74) is 2.84. The summed E-state index contributed by atoms with van der Waals surface area (Å²) in [4.78, 5) is 0. The normalized spacial score (nSPS) is 21.2. The van der Waals surface area contributed by atoms with Gasteiger partial charge in [-0.2, -0.15) is 0 Å². The molecule has 0 aliphatic rings. The quantitative estimate of drug-likeness (QED) is 0.511. The molecule has 0 amide bonds. The van der Waals surface area contributed by atoms with Crippen molar-refractivity contribution in [3.05, 3.63) is 0 Å². The first kappa shape index (κ1) is 12.9. The van der Waals surface area contributed by atoms with E-state index in [2.05, 4.69) is 47.0 Å². The molecule has 4 atom stereocenters. The fourth-order valence-corrected chi connectivity index (χ4v) is 1.69. The summed E-state index contributed by atoms with van der Waals surface area (Å²) < 4.78 is 0. The van der Waals surface area contributed by atoms with E-state index in [0.717, 1.165) is 11.8 Å². The molecule has 0 rings (SSSR count). The fourth-order valence-electron chi connectivity index (χ4n) is 1.69. The molecule has 3 N–H and O–H groups in total. The van der Waals surface area contributed by atoms with Gasteiger partial charge in [-0.3, -0.25) is 11.3 Å². The molecule has 0 heterocycles. The maximum absolute atomic E-state index is 5.44. The molecule has 3 unspecified atom stereocenters. The summed E-state index contributed by atoms with van der Waals surface area (Å²) in [6, 6.07) is 0.399. The highest BCUT2D eigenvalue weighted by Crippen LogP contribution is 2.28. The summed E-state index contributed by atoms with van der Waals surface area (Å²) in [6.07, 6.45) is 0. The monoisotopic (exact) mass is 186 g/mol. The van der Waals surface area contributed by atoms with Gasteiger partial charge in [0.1, 0.15) is 0 Å². The van der Waals surface area contributed by atoms with E-state index in [1.54, 1.807) is 0 Å². The summed E-state index contributed by atoms with van der Waals surface area (Å²) in [7, 11) is 0. The van der Waals surface area contributed by atoms with E-state index < -0.39 is 0 Å². The van der Waals surface area contributed by atoms with Crippen LogP contribution in [-0.2, 0) is 0 Å². The zero-order valence-electron chi connectivity index (χ0n) is 9.96. The van der Waals surface area contributed by atoms with E-state index in [1.807, 2.05) is 0 Å². The molecule has 0 aliphatic heterocycles. The van der Waals surface area contributed by atoms with Crippen LogP contribution in [0.15, 0.2) is 0 Å². The molecule has 2 nitrogen and oxygen atoms in total. The molecule has 0 aliphatic carbocycles. The highest BCUT2D eigenvalue weighted by Gasteiger charge is 2.24. The Bertz CT molecular complexity index is 134. The molecule has 2 heteroatoms. The van der Waals surface area contributed by atoms with Crippen molar-refractivity contribution in [2.45, 2.75) is 47.6 Å². The van der Waals surface area contributed by atoms with Crippen LogP contribution in [0.2, 0.25) is 0 Å². The lowest BCUT2D eigenvalue weighted by Crippen LogP contribution is -2.41. The van der Waals surface area contributed by atoms with E-state index in [0.29, 0.717) is 17.9 Å². The number of nitrogens with one attached hydrogen (secondary N) is 1. The van der Waals surface area contributed by atoms with Crippen LogP contribution >= 0.6 is 0 Å². The van der Waals surface area contributed by atoms with Crippen LogP contribution in [0.3, 0.4) is 0 Å². The number of hydrogen-bond acceptors (Lipinski definition) is 2.